The highest BCUT2D eigenvalue weighted by atomic mass is 16.5. The van der Waals surface area contributed by atoms with E-state index in [1.807, 2.05) is 30.0 Å². The molecule has 1 atom stereocenters. The van der Waals surface area contributed by atoms with E-state index >= 15 is 0 Å². The molecule has 8 nitrogen and oxygen atoms in total. The summed E-state index contributed by atoms with van der Waals surface area (Å²) in [7, 11) is 0. The van der Waals surface area contributed by atoms with E-state index in [4.69, 9.17) is 10.5 Å². The topological polar surface area (TPSA) is 109 Å². The van der Waals surface area contributed by atoms with Crippen LogP contribution in [0, 0.1) is 11.8 Å². The van der Waals surface area contributed by atoms with E-state index in [2.05, 4.69) is 32.1 Å². The van der Waals surface area contributed by atoms with Crippen LogP contribution in [0.4, 0.5) is 23.3 Å². The van der Waals surface area contributed by atoms with Gasteiger partial charge in [0.15, 0.2) is 5.60 Å². The van der Waals surface area contributed by atoms with Gasteiger partial charge < -0.3 is 20.9 Å². The first kappa shape index (κ1) is 14.7. The number of nitrogens with two attached hydrogens (primary N) is 1. The Morgan fingerprint density at radius 3 is 2.96 bits per heavy atom. The minimum atomic E-state index is -1.03. The summed E-state index contributed by atoms with van der Waals surface area (Å²) in [6.07, 6.45) is 1.35. The molecular formula is C16H16N6O2. The number of fused-ring (bicyclic) bond motifs is 1. The van der Waals surface area contributed by atoms with Crippen molar-refractivity contribution < 1.29 is 9.84 Å². The van der Waals surface area contributed by atoms with Crippen molar-refractivity contribution in [3.8, 4) is 11.8 Å². The largest absolute Gasteiger partial charge is 0.373 e. The van der Waals surface area contributed by atoms with Crippen LogP contribution >= 0.6 is 0 Å². The van der Waals surface area contributed by atoms with Gasteiger partial charge in [0, 0.05) is 5.56 Å². The number of rotatable bonds is 1. The first-order valence-corrected chi connectivity index (χ1v) is 7.52. The summed E-state index contributed by atoms with van der Waals surface area (Å²) in [5.41, 5.74) is 7.28. The number of aliphatic hydroxyl groups is 1. The number of nitrogen functional groups attached to an aromatic ring is 1. The molecule has 2 aromatic rings. The second kappa shape index (κ2) is 5.33. The third kappa shape index (κ3) is 2.50. The van der Waals surface area contributed by atoms with Crippen molar-refractivity contribution in [2.45, 2.75) is 18.7 Å². The second-order valence-electron chi connectivity index (χ2n) is 5.84. The Morgan fingerprint density at radius 1 is 1.42 bits per heavy atom. The zero-order valence-corrected chi connectivity index (χ0v) is 13.0. The van der Waals surface area contributed by atoms with Gasteiger partial charge in [-0.3, -0.25) is 4.90 Å². The summed E-state index contributed by atoms with van der Waals surface area (Å²) < 4.78 is 5.00. The lowest BCUT2D eigenvalue weighted by atomic mass is 10.0. The lowest BCUT2D eigenvalue weighted by Gasteiger charge is -2.30. The maximum atomic E-state index is 10.0. The molecule has 4 N–H and O–H groups in total. The number of nitrogens with zero attached hydrogens (tertiary/aromatic N) is 4. The Kier molecular flexibility index (Phi) is 3.26. The van der Waals surface area contributed by atoms with E-state index < -0.39 is 5.60 Å². The van der Waals surface area contributed by atoms with Crippen molar-refractivity contribution in [3.63, 3.8) is 0 Å². The summed E-state index contributed by atoms with van der Waals surface area (Å²) in [4.78, 5) is 14.1. The van der Waals surface area contributed by atoms with Crippen molar-refractivity contribution in [2.75, 3.05) is 29.2 Å². The van der Waals surface area contributed by atoms with Crippen LogP contribution in [0.25, 0.3) is 0 Å². The van der Waals surface area contributed by atoms with Crippen molar-refractivity contribution in [1.29, 1.82) is 0 Å². The molecule has 24 heavy (non-hydrogen) atoms. The van der Waals surface area contributed by atoms with Gasteiger partial charge in [-0.15, -0.1) is 0 Å². The van der Waals surface area contributed by atoms with Crippen LogP contribution in [0.15, 0.2) is 24.5 Å². The number of hydrogen-bond donors (Lipinski definition) is 3. The Bertz CT molecular complexity index is 855. The first-order valence-electron chi connectivity index (χ1n) is 7.52. The van der Waals surface area contributed by atoms with Gasteiger partial charge in [-0.25, -0.2) is 9.97 Å². The Labute approximate surface area is 138 Å². The third-order valence-electron chi connectivity index (χ3n) is 3.92. The highest BCUT2D eigenvalue weighted by Crippen LogP contribution is 2.38. The maximum Gasteiger partial charge on any atom is 0.236 e. The number of ether oxygens (including phenoxy) is 1. The van der Waals surface area contributed by atoms with E-state index in [-0.39, 0.29) is 25.3 Å². The first-order chi connectivity index (χ1) is 11.5. The molecule has 1 aromatic heterocycles. The van der Waals surface area contributed by atoms with Crippen molar-refractivity contribution in [3.05, 3.63) is 30.1 Å². The van der Waals surface area contributed by atoms with Gasteiger partial charge in [-0.2, -0.15) is 4.98 Å². The monoisotopic (exact) mass is 324 g/mol. The van der Waals surface area contributed by atoms with Gasteiger partial charge in [0.2, 0.25) is 11.9 Å². The van der Waals surface area contributed by atoms with Crippen LogP contribution in [0.1, 0.15) is 12.5 Å². The minimum Gasteiger partial charge on any atom is -0.373 e. The van der Waals surface area contributed by atoms with Crippen LogP contribution in [-0.4, -0.2) is 45.0 Å². The summed E-state index contributed by atoms with van der Waals surface area (Å²) in [5, 5.41) is 13.4. The van der Waals surface area contributed by atoms with Crippen molar-refractivity contribution in [2.24, 2.45) is 0 Å². The molecule has 0 aliphatic carbocycles. The zero-order chi connectivity index (χ0) is 16.7. The molecular weight excluding hydrogens is 308 g/mol. The molecule has 0 saturated carbocycles. The minimum absolute atomic E-state index is 0.0331. The smallest absolute Gasteiger partial charge is 0.236 e. The van der Waals surface area contributed by atoms with E-state index in [0.717, 1.165) is 16.9 Å². The fourth-order valence-electron chi connectivity index (χ4n) is 2.68. The van der Waals surface area contributed by atoms with Gasteiger partial charge in [0.05, 0.1) is 24.6 Å². The van der Waals surface area contributed by atoms with E-state index in [0.29, 0.717) is 5.95 Å². The molecule has 0 amide bonds. The van der Waals surface area contributed by atoms with Gasteiger partial charge in [-0.1, -0.05) is 11.8 Å². The fourth-order valence-corrected chi connectivity index (χ4v) is 2.68. The van der Waals surface area contributed by atoms with E-state index in [1.54, 1.807) is 0 Å². The molecule has 8 heteroatoms. The molecule has 2 aliphatic heterocycles. The number of nitrogens with one attached hydrogen (secondary N) is 1. The van der Waals surface area contributed by atoms with Crippen molar-refractivity contribution in [1.82, 2.24) is 15.0 Å². The molecule has 0 spiro atoms. The average Bonchev–Trinajstić information content (AvgIpc) is 2.86. The van der Waals surface area contributed by atoms with Gasteiger partial charge in [-0.05, 0) is 25.1 Å². The zero-order valence-electron chi connectivity index (χ0n) is 13.0. The van der Waals surface area contributed by atoms with E-state index in [9.17, 15) is 5.11 Å². The van der Waals surface area contributed by atoms with Crippen LogP contribution in [-0.2, 0) is 4.74 Å². The van der Waals surface area contributed by atoms with Crippen LogP contribution < -0.4 is 16.0 Å². The molecule has 0 bridgehead atoms. The molecule has 1 saturated heterocycles. The fraction of sp³-hybridized carbons (Fsp3) is 0.312. The molecule has 3 heterocycles. The van der Waals surface area contributed by atoms with Gasteiger partial charge in [0.1, 0.15) is 12.5 Å². The second-order valence-corrected chi connectivity index (χ2v) is 5.84. The lowest BCUT2D eigenvalue weighted by Crippen LogP contribution is -2.48. The third-order valence-corrected chi connectivity index (χ3v) is 3.92. The van der Waals surface area contributed by atoms with Crippen molar-refractivity contribution >= 4 is 23.3 Å². The molecule has 0 radical (unpaired) electrons. The summed E-state index contributed by atoms with van der Waals surface area (Å²) in [5.74, 6) is 6.50. The Morgan fingerprint density at radius 2 is 2.25 bits per heavy atom. The molecule has 1 unspecified atom stereocenters. The van der Waals surface area contributed by atoms with Gasteiger partial charge >= 0.3 is 0 Å². The lowest BCUT2D eigenvalue weighted by molar-refractivity contribution is -0.140. The predicted octanol–water partition coefficient (Wildman–Crippen LogP) is 0.476. The van der Waals surface area contributed by atoms with Crippen LogP contribution in [0.5, 0.6) is 0 Å². The summed E-state index contributed by atoms with van der Waals surface area (Å²) in [6.45, 7) is 2.50. The predicted molar refractivity (Wildman–Crippen MR) is 88.6 cm³/mol. The molecule has 2 aliphatic rings. The van der Waals surface area contributed by atoms with Crippen LogP contribution in [0.3, 0.4) is 0 Å². The Hall–Kier alpha value is -2.89. The molecule has 1 fully saturated rings. The molecule has 4 rings (SSSR count). The molecule has 1 aromatic carbocycles. The summed E-state index contributed by atoms with van der Waals surface area (Å²) >= 11 is 0. The normalized spacial score (nSPS) is 20.4. The van der Waals surface area contributed by atoms with Gasteiger partial charge in [0.25, 0.3) is 0 Å². The number of benzene rings is 1. The molecule has 122 valence electrons. The number of aromatic nitrogens is 3. The standard InChI is InChI=1S/C16H16N6O2/c1-10-20-12-3-2-11(4-5-16(23)7-24-8-16)6-13(12)22(10)15-19-9-18-14(17)21-15/h2-3,6,9-10,20,23H,7-8H2,1H3,(H2,17,18,19,21). The quantitative estimate of drug-likeness (QED) is 0.650. The number of hydrogen-bond acceptors (Lipinski definition) is 8. The van der Waals surface area contributed by atoms with Crippen LogP contribution in [0.2, 0.25) is 0 Å². The highest BCUT2D eigenvalue weighted by Gasteiger charge is 2.34. The average molecular weight is 324 g/mol. The number of anilines is 4. The summed E-state index contributed by atoms with van der Waals surface area (Å²) in [6, 6.07) is 5.78. The maximum absolute atomic E-state index is 10.0. The Balaban J connectivity index is 1.70. The van der Waals surface area contributed by atoms with E-state index in [1.165, 1.54) is 6.33 Å². The highest BCUT2D eigenvalue weighted by molar-refractivity contribution is 5.81. The SMILES string of the molecule is CC1Nc2ccc(C#CC3(O)COC3)cc2N1c1ncnc(N)n1.